The third-order valence-electron chi connectivity index (χ3n) is 3.92. The second-order valence-electron chi connectivity index (χ2n) is 5.96. The number of carbonyl (C=O) groups excluding carboxylic acids is 1. The van der Waals surface area contributed by atoms with E-state index in [0.29, 0.717) is 32.7 Å². The van der Waals surface area contributed by atoms with Gasteiger partial charge in [-0.2, -0.15) is 0 Å². The maximum absolute atomic E-state index is 11.2. The highest BCUT2D eigenvalue weighted by Crippen LogP contribution is 2.22. The fourth-order valence-electron chi connectivity index (χ4n) is 2.50. The summed E-state index contributed by atoms with van der Waals surface area (Å²) in [5.41, 5.74) is 2.19. The van der Waals surface area contributed by atoms with E-state index in [9.17, 15) is 14.7 Å². The van der Waals surface area contributed by atoms with Crippen LogP contribution in [0.4, 0.5) is 0 Å². The number of hydrogen-bond donors (Lipinski definition) is 2. The van der Waals surface area contributed by atoms with E-state index >= 15 is 0 Å². The minimum Gasteiger partial charge on any atom is -0.493 e. The Morgan fingerprint density at radius 1 is 1.25 bits per heavy atom. The molecular formula is C18H28N2O4. The molecule has 0 spiro atoms. The number of carbonyl (C=O) groups is 2. The number of nitrogens with zero attached hydrogens (tertiary/aromatic N) is 1. The number of aliphatic carboxylic acids is 1. The van der Waals surface area contributed by atoms with Gasteiger partial charge in [0.2, 0.25) is 5.91 Å². The van der Waals surface area contributed by atoms with Crippen LogP contribution in [0, 0.1) is 13.8 Å². The summed E-state index contributed by atoms with van der Waals surface area (Å²) in [6, 6.07) is 5.41. The zero-order chi connectivity index (χ0) is 18.1. The summed E-state index contributed by atoms with van der Waals surface area (Å²) < 4.78 is 5.86. The zero-order valence-corrected chi connectivity index (χ0v) is 15.0. The largest absolute Gasteiger partial charge is 0.493 e. The van der Waals surface area contributed by atoms with Gasteiger partial charge in [0.15, 0.2) is 0 Å². The number of aryl methyl sites for hydroxylation is 2. The number of rotatable bonds is 10. The van der Waals surface area contributed by atoms with Crippen molar-refractivity contribution < 1.29 is 19.4 Å². The molecule has 0 heterocycles. The van der Waals surface area contributed by atoms with Gasteiger partial charge in [-0.15, -0.1) is 0 Å². The SMILES string of the molecule is CC(=O)NCCN(CCCOc1c(C)cccc1C)C(C)C(=O)O. The Kier molecular flexibility index (Phi) is 8.26. The second-order valence-corrected chi connectivity index (χ2v) is 5.96. The highest BCUT2D eigenvalue weighted by molar-refractivity contribution is 5.73. The third-order valence-corrected chi connectivity index (χ3v) is 3.92. The van der Waals surface area contributed by atoms with Crippen molar-refractivity contribution in [2.45, 2.75) is 40.2 Å². The van der Waals surface area contributed by atoms with Crippen LogP contribution in [0.3, 0.4) is 0 Å². The Balaban J connectivity index is 2.49. The van der Waals surface area contributed by atoms with E-state index in [0.717, 1.165) is 16.9 Å². The summed E-state index contributed by atoms with van der Waals surface area (Å²) in [4.78, 5) is 24.0. The molecule has 24 heavy (non-hydrogen) atoms. The molecule has 2 N–H and O–H groups in total. The molecule has 0 fully saturated rings. The molecule has 134 valence electrons. The van der Waals surface area contributed by atoms with E-state index in [2.05, 4.69) is 5.32 Å². The molecule has 0 aliphatic rings. The van der Waals surface area contributed by atoms with Gasteiger partial charge in [0, 0.05) is 26.6 Å². The summed E-state index contributed by atoms with van der Waals surface area (Å²) in [5.74, 6) is -0.0849. The number of nitrogens with one attached hydrogen (secondary N) is 1. The van der Waals surface area contributed by atoms with Gasteiger partial charge in [0.25, 0.3) is 0 Å². The van der Waals surface area contributed by atoms with Crippen molar-refractivity contribution in [1.82, 2.24) is 10.2 Å². The molecule has 0 aliphatic heterocycles. The van der Waals surface area contributed by atoms with Gasteiger partial charge in [-0.3, -0.25) is 14.5 Å². The molecule has 0 radical (unpaired) electrons. The lowest BCUT2D eigenvalue weighted by Gasteiger charge is -2.26. The van der Waals surface area contributed by atoms with Crippen molar-refractivity contribution in [3.63, 3.8) is 0 Å². The van der Waals surface area contributed by atoms with Crippen LogP contribution < -0.4 is 10.1 Å². The van der Waals surface area contributed by atoms with Crippen LogP contribution in [0.25, 0.3) is 0 Å². The Morgan fingerprint density at radius 2 is 1.88 bits per heavy atom. The molecule has 1 rings (SSSR count). The first-order valence-electron chi connectivity index (χ1n) is 8.23. The third kappa shape index (κ3) is 6.58. The van der Waals surface area contributed by atoms with Crippen LogP contribution in [0.5, 0.6) is 5.75 Å². The standard InChI is InChI=1S/C18H28N2O4/c1-13-7-5-8-14(2)17(13)24-12-6-10-20(15(3)18(22)23)11-9-19-16(4)21/h5,7-8,15H,6,9-12H2,1-4H3,(H,19,21)(H,22,23). The van der Waals surface area contributed by atoms with Crippen molar-refractivity contribution in [3.05, 3.63) is 29.3 Å². The zero-order valence-electron chi connectivity index (χ0n) is 15.0. The van der Waals surface area contributed by atoms with Gasteiger partial charge in [-0.05, 0) is 38.3 Å². The van der Waals surface area contributed by atoms with E-state index in [1.165, 1.54) is 6.92 Å². The Hall–Kier alpha value is -2.08. The van der Waals surface area contributed by atoms with Gasteiger partial charge in [-0.1, -0.05) is 18.2 Å². The quantitative estimate of drug-likeness (QED) is 0.639. The lowest BCUT2D eigenvalue weighted by Crippen LogP contribution is -2.44. The molecule has 1 atom stereocenters. The molecule has 0 aliphatic carbocycles. The number of para-hydroxylation sites is 1. The molecular weight excluding hydrogens is 308 g/mol. The lowest BCUT2D eigenvalue weighted by atomic mass is 10.1. The van der Waals surface area contributed by atoms with E-state index in [1.807, 2.05) is 36.9 Å². The molecule has 1 unspecified atom stereocenters. The van der Waals surface area contributed by atoms with Gasteiger partial charge in [-0.25, -0.2) is 0 Å². The summed E-state index contributed by atoms with van der Waals surface area (Å²) >= 11 is 0. The molecule has 6 heteroatoms. The van der Waals surface area contributed by atoms with Crippen molar-refractivity contribution in [2.75, 3.05) is 26.2 Å². The first-order chi connectivity index (χ1) is 11.3. The van der Waals surface area contributed by atoms with E-state index < -0.39 is 12.0 Å². The summed E-state index contributed by atoms with van der Waals surface area (Å²) in [5, 5.41) is 11.9. The predicted octanol–water partition coefficient (Wildman–Crippen LogP) is 1.98. The number of benzene rings is 1. The Bertz CT molecular complexity index is 540. The fraction of sp³-hybridized carbons (Fsp3) is 0.556. The molecule has 0 saturated carbocycles. The average molecular weight is 336 g/mol. The van der Waals surface area contributed by atoms with Crippen LogP contribution in [0.1, 0.15) is 31.4 Å². The molecule has 0 bridgehead atoms. The van der Waals surface area contributed by atoms with Crippen LogP contribution in [-0.4, -0.2) is 54.2 Å². The van der Waals surface area contributed by atoms with Gasteiger partial charge >= 0.3 is 5.97 Å². The molecule has 1 amide bonds. The maximum atomic E-state index is 11.2. The minimum atomic E-state index is -0.867. The van der Waals surface area contributed by atoms with E-state index in [1.54, 1.807) is 6.92 Å². The van der Waals surface area contributed by atoms with Crippen LogP contribution >= 0.6 is 0 Å². The van der Waals surface area contributed by atoms with Crippen molar-refractivity contribution in [3.8, 4) is 5.75 Å². The monoisotopic (exact) mass is 336 g/mol. The van der Waals surface area contributed by atoms with Gasteiger partial charge in [0.1, 0.15) is 11.8 Å². The normalized spacial score (nSPS) is 12.0. The first-order valence-corrected chi connectivity index (χ1v) is 8.23. The smallest absolute Gasteiger partial charge is 0.320 e. The summed E-state index contributed by atoms with van der Waals surface area (Å²) in [7, 11) is 0. The highest BCUT2D eigenvalue weighted by atomic mass is 16.5. The number of carboxylic acids is 1. The number of amides is 1. The highest BCUT2D eigenvalue weighted by Gasteiger charge is 2.20. The van der Waals surface area contributed by atoms with Crippen LogP contribution in [0.2, 0.25) is 0 Å². The van der Waals surface area contributed by atoms with Crippen molar-refractivity contribution in [2.24, 2.45) is 0 Å². The summed E-state index contributed by atoms with van der Waals surface area (Å²) in [6.07, 6.45) is 0.714. The molecule has 0 aromatic heterocycles. The minimum absolute atomic E-state index is 0.115. The number of ether oxygens (including phenoxy) is 1. The van der Waals surface area contributed by atoms with Crippen molar-refractivity contribution in [1.29, 1.82) is 0 Å². The molecule has 1 aromatic rings. The second kappa shape index (κ2) is 9.93. The lowest BCUT2D eigenvalue weighted by molar-refractivity contribution is -0.142. The first kappa shape index (κ1) is 20.0. The van der Waals surface area contributed by atoms with Crippen molar-refractivity contribution >= 4 is 11.9 Å². The maximum Gasteiger partial charge on any atom is 0.320 e. The average Bonchev–Trinajstić information content (AvgIpc) is 2.50. The fourth-order valence-corrected chi connectivity index (χ4v) is 2.50. The molecule has 1 aromatic carbocycles. The Morgan fingerprint density at radius 3 is 2.42 bits per heavy atom. The molecule has 0 saturated heterocycles. The summed E-state index contributed by atoms with van der Waals surface area (Å²) in [6.45, 7) is 9.17. The van der Waals surface area contributed by atoms with E-state index in [4.69, 9.17) is 4.74 Å². The van der Waals surface area contributed by atoms with Crippen LogP contribution in [0.15, 0.2) is 18.2 Å². The predicted molar refractivity (Wildman–Crippen MR) is 93.4 cm³/mol. The Labute approximate surface area is 143 Å². The molecule has 6 nitrogen and oxygen atoms in total. The van der Waals surface area contributed by atoms with Gasteiger partial charge in [0.05, 0.1) is 6.61 Å². The van der Waals surface area contributed by atoms with E-state index in [-0.39, 0.29) is 5.91 Å². The van der Waals surface area contributed by atoms with Gasteiger partial charge < -0.3 is 15.2 Å². The topological polar surface area (TPSA) is 78.9 Å². The van der Waals surface area contributed by atoms with Crippen LogP contribution in [-0.2, 0) is 9.59 Å². The number of carboxylic acid groups (broad SMARTS) is 1. The number of hydrogen-bond acceptors (Lipinski definition) is 4.